The maximum Gasteiger partial charge on any atom is 0.253 e. The third-order valence-corrected chi connectivity index (χ3v) is 5.18. The second-order valence-corrected chi connectivity index (χ2v) is 7.66. The Labute approximate surface area is 167 Å². The number of nitrogens with one attached hydrogen (secondary N) is 1. The summed E-state index contributed by atoms with van der Waals surface area (Å²) in [4.78, 5) is 29.3. The first kappa shape index (κ1) is 20.1. The van der Waals surface area contributed by atoms with Crippen molar-refractivity contribution in [3.63, 3.8) is 0 Å². The molecule has 1 aliphatic heterocycles. The molecule has 1 heterocycles. The van der Waals surface area contributed by atoms with E-state index in [1.54, 1.807) is 0 Å². The molecule has 0 saturated carbocycles. The molecule has 0 unspecified atom stereocenters. The Morgan fingerprint density at radius 3 is 2.50 bits per heavy atom. The molecule has 148 valence electrons. The predicted molar refractivity (Wildman–Crippen MR) is 113 cm³/mol. The molecule has 0 bridgehead atoms. The Balaban J connectivity index is 1.55. The van der Waals surface area contributed by atoms with Crippen LogP contribution in [0.5, 0.6) is 0 Å². The zero-order valence-corrected chi connectivity index (χ0v) is 17.0. The van der Waals surface area contributed by atoms with E-state index in [1.165, 1.54) is 0 Å². The summed E-state index contributed by atoms with van der Waals surface area (Å²) >= 11 is 0. The lowest BCUT2D eigenvalue weighted by Gasteiger charge is -2.22. The number of carbonyl (C=O) groups is 2. The Morgan fingerprint density at radius 1 is 0.929 bits per heavy atom. The van der Waals surface area contributed by atoms with Gasteiger partial charge >= 0.3 is 0 Å². The molecule has 0 spiro atoms. The lowest BCUT2D eigenvalue weighted by atomic mass is 10.1. The molecular formula is C23H29N3O2. The first-order valence-corrected chi connectivity index (χ1v) is 9.88. The molecule has 28 heavy (non-hydrogen) atoms. The minimum absolute atomic E-state index is 0.00726. The Bertz CT molecular complexity index is 863. The van der Waals surface area contributed by atoms with Crippen LogP contribution in [0.1, 0.15) is 33.5 Å². The monoisotopic (exact) mass is 379 g/mol. The fourth-order valence-corrected chi connectivity index (χ4v) is 3.56. The second kappa shape index (κ2) is 9.02. The average Bonchev–Trinajstić information content (AvgIpc) is 2.89. The highest BCUT2D eigenvalue weighted by molar-refractivity contribution is 5.94. The highest BCUT2D eigenvalue weighted by Crippen LogP contribution is 2.16. The van der Waals surface area contributed by atoms with Crippen molar-refractivity contribution in [2.75, 3.05) is 38.0 Å². The third kappa shape index (κ3) is 5.20. The van der Waals surface area contributed by atoms with Gasteiger partial charge in [0.25, 0.3) is 5.91 Å². The van der Waals surface area contributed by atoms with E-state index < -0.39 is 0 Å². The molecule has 2 aromatic carbocycles. The van der Waals surface area contributed by atoms with Crippen LogP contribution in [0.3, 0.4) is 0 Å². The van der Waals surface area contributed by atoms with Crippen molar-refractivity contribution in [1.29, 1.82) is 0 Å². The Hall–Kier alpha value is -2.66. The maximum absolute atomic E-state index is 12.8. The normalized spacial score (nSPS) is 15.2. The summed E-state index contributed by atoms with van der Waals surface area (Å²) < 4.78 is 0. The van der Waals surface area contributed by atoms with E-state index in [-0.39, 0.29) is 11.8 Å². The minimum atomic E-state index is -0.00726. The lowest BCUT2D eigenvalue weighted by Crippen LogP contribution is -2.38. The summed E-state index contributed by atoms with van der Waals surface area (Å²) in [6.45, 7) is 9.25. The zero-order valence-electron chi connectivity index (χ0n) is 17.0. The van der Waals surface area contributed by atoms with Gasteiger partial charge in [-0.25, -0.2) is 0 Å². The van der Waals surface area contributed by atoms with Crippen LogP contribution in [0.25, 0.3) is 0 Å². The summed E-state index contributed by atoms with van der Waals surface area (Å²) in [6.07, 6.45) is 0.869. The van der Waals surface area contributed by atoms with E-state index in [4.69, 9.17) is 0 Å². The molecule has 5 heteroatoms. The summed E-state index contributed by atoms with van der Waals surface area (Å²) in [5.74, 6) is 0.0672. The molecule has 1 N–H and O–H groups in total. The minimum Gasteiger partial charge on any atom is -0.337 e. The van der Waals surface area contributed by atoms with Gasteiger partial charge in [0.1, 0.15) is 0 Å². The van der Waals surface area contributed by atoms with Gasteiger partial charge < -0.3 is 10.2 Å². The van der Waals surface area contributed by atoms with Crippen molar-refractivity contribution in [2.24, 2.45) is 0 Å². The molecule has 1 fully saturated rings. The van der Waals surface area contributed by atoms with Crippen LogP contribution in [-0.4, -0.2) is 54.3 Å². The Morgan fingerprint density at radius 2 is 1.71 bits per heavy atom. The van der Waals surface area contributed by atoms with Crippen molar-refractivity contribution >= 4 is 17.5 Å². The van der Waals surface area contributed by atoms with Crippen molar-refractivity contribution < 1.29 is 9.59 Å². The highest BCUT2D eigenvalue weighted by Gasteiger charge is 2.21. The molecule has 2 aromatic rings. The van der Waals surface area contributed by atoms with E-state index in [1.807, 2.05) is 68.1 Å². The van der Waals surface area contributed by atoms with E-state index in [9.17, 15) is 9.59 Å². The van der Waals surface area contributed by atoms with Crippen LogP contribution in [0, 0.1) is 20.8 Å². The van der Waals surface area contributed by atoms with Crippen molar-refractivity contribution in [1.82, 2.24) is 9.80 Å². The summed E-state index contributed by atoms with van der Waals surface area (Å²) in [7, 11) is 0. The number of benzene rings is 2. The van der Waals surface area contributed by atoms with Gasteiger partial charge in [-0.3, -0.25) is 14.5 Å². The van der Waals surface area contributed by atoms with E-state index in [2.05, 4.69) is 10.2 Å². The highest BCUT2D eigenvalue weighted by atomic mass is 16.2. The van der Waals surface area contributed by atoms with Crippen molar-refractivity contribution in [3.8, 4) is 0 Å². The SMILES string of the molecule is Cc1cccc(C(=O)N2CCCN(CC(=O)Nc3cc(C)ccc3C)CC2)c1. The molecule has 0 atom stereocenters. The number of rotatable bonds is 4. The largest absolute Gasteiger partial charge is 0.337 e. The molecule has 0 aliphatic carbocycles. The number of anilines is 1. The molecule has 2 amide bonds. The smallest absolute Gasteiger partial charge is 0.253 e. The number of hydrogen-bond donors (Lipinski definition) is 1. The van der Waals surface area contributed by atoms with Gasteiger partial charge in [-0.1, -0.05) is 29.8 Å². The van der Waals surface area contributed by atoms with Gasteiger partial charge in [0.15, 0.2) is 0 Å². The van der Waals surface area contributed by atoms with Crippen LogP contribution in [0.15, 0.2) is 42.5 Å². The lowest BCUT2D eigenvalue weighted by molar-refractivity contribution is -0.117. The quantitative estimate of drug-likeness (QED) is 0.886. The van der Waals surface area contributed by atoms with Crippen LogP contribution in [-0.2, 0) is 4.79 Å². The third-order valence-electron chi connectivity index (χ3n) is 5.18. The van der Waals surface area contributed by atoms with Gasteiger partial charge in [0.05, 0.1) is 6.54 Å². The second-order valence-electron chi connectivity index (χ2n) is 7.66. The van der Waals surface area contributed by atoms with Crippen LogP contribution >= 0.6 is 0 Å². The van der Waals surface area contributed by atoms with Crippen LogP contribution < -0.4 is 5.32 Å². The summed E-state index contributed by atoms with van der Waals surface area (Å²) in [6, 6.07) is 13.8. The van der Waals surface area contributed by atoms with Crippen molar-refractivity contribution in [3.05, 3.63) is 64.7 Å². The van der Waals surface area contributed by atoms with Crippen LogP contribution in [0.2, 0.25) is 0 Å². The van der Waals surface area contributed by atoms with E-state index in [0.717, 1.165) is 47.5 Å². The van der Waals surface area contributed by atoms with Crippen LogP contribution in [0.4, 0.5) is 5.69 Å². The average molecular weight is 380 g/mol. The summed E-state index contributed by atoms with van der Waals surface area (Å²) in [5.41, 5.74) is 4.88. The molecular weight excluding hydrogens is 350 g/mol. The van der Waals surface area contributed by atoms with Crippen molar-refractivity contribution in [2.45, 2.75) is 27.2 Å². The van der Waals surface area contributed by atoms with E-state index in [0.29, 0.717) is 19.6 Å². The predicted octanol–water partition coefficient (Wildman–Crippen LogP) is 3.40. The van der Waals surface area contributed by atoms with Gasteiger partial charge in [-0.2, -0.15) is 0 Å². The standard InChI is InChI=1S/C23H29N3O2/c1-17-6-4-7-20(14-17)23(28)26-11-5-10-25(12-13-26)16-22(27)24-21-15-18(2)8-9-19(21)3/h4,6-9,14-15H,5,10-13,16H2,1-3H3,(H,24,27). The first-order chi connectivity index (χ1) is 13.4. The Kier molecular flexibility index (Phi) is 6.47. The number of nitrogens with zero attached hydrogens (tertiary/aromatic N) is 2. The fourth-order valence-electron chi connectivity index (χ4n) is 3.56. The molecule has 1 aliphatic rings. The maximum atomic E-state index is 12.8. The molecule has 0 aromatic heterocycles. The summed E-state index contributed by atoms with van der Waals surface area (Å²) in [5, 5.41) is 3.02. The fraction of sp³-hybridized carbons (Fsp3) is 0.391. The molecule has 0 radical (unpaired) electrons. The number of amides is 2. The molecule has 5 nitrogen and oxygen atoms in total. The van der Waals surface area contributed by atoms with Gasteiger partial charge in [-0.05, 0) is 56.5 Å². The van der Waals surface area contributed by atoms with Gasteiger partial charge in [0, 0.05) is 37.4 Å². The van der Waals surface area contributed by atoms with E-state index >= 15 is 0 Å². The zero-order chi connectivity index (χ0) is 20.1. The number of hydrogen-bond acceptors (Lipinski definition) is 3. The number of carbonyl (C=O) groups excluding carboxylic acids is 2. The van der Waals surface area contributed by atoms with Gasteiger partial charge in [0.2, 0.25) is 5.91 Å². The first-order valence-electron chi connectivity index (χ1n) is 9.88. The topological polar surface area (TPSA) is 52.7 Å². The number of aryl methyl sites for hydroxylation is 3. The van der Waals surface area contributed by atoms with Gasteiger partial charge in [-0.15, -0.1) is 0 Å². The molecule has 1 saturated heterocycles. The molecule has 3 rings (SSSR count).